The minimum absolute atomic E-state index is 0.0666. The minimum atomic E-state index is -0.146. The fraction of sp³-hybridized carbons (Fsp3) is 0.238. The van der Waals surface area contributed by atoms with Crippen LogP contribution in [0.25, 0.3) is 22.7 Å². The molecule has 0 unspecified atom stereocenters. The molecule has 150 valence electrons. The summed E-state index contributed by atoms with van der Waals surface area (Å²) in [5.41, 5.74) is 1.90. The Labute approximate surface area is 171 Å². The van der Waals surface area contributed by atoms with E-state index in [4.69, 9.17) is 8.83 Å². The van der Waals surface area contributed by atoms with Gasteiger partial charge in [0.1, 0.15) is 6.07 Å². The molecule has 0 aliphatic carbocycles. The quantitative estimate of drug-likeness (QED) is 0.535. The van der Waals surface area contributed by atoms with E-state index < -0.39 is 0 Å². The van der Waals surface area contributed by atoms with Crippen molar-refractivity contribution in [3.8, 4) is 17.7 Å². The van der Waals surface area contributed by atoms with Crippen molar-refractivity contribution in [2.75, 3.05) is 23.3 Å². The largest absolute Gasteiger partial charge is 0.459 e. The van der Waals surface area contributed by atoms with Gasteiger partial charge in [0.15, 0.2) is 5.76 Å². The molecule has 1 fully saturated rings. The normalized spacial score (nSPS) is 14.7. The van der Waals surface area contributed by atoms with Crippen LogP contribution in [0.5, 0.6) is 0 Å². The number of furan rings is 1. The van der Waals surface area contributed by atoms with Crippen molar-refractivity contribution < 1.29 is 13.6 Å². The summed E-state index contributed by atoms with van der Waals surface area (Å²) < 4.78 is 11.1. The van der Waals surface area contributed by atoms with Gasteiger partial charge in [-0.3, -0.25) is 10.1 Å². The molecule has 30 heavy (non-hydrogen) atoms. The first kappa shape index (κ1) is 18.0. The van der Waals surface area contributed by atoms with Crippen LogP contribution in [0.4, 0.5) is 11.8 Å². The third kappa shape index (κ3) is 3.28. The molecule has 0 radical (unpaired) electrons. The lowest BCUT2D eigenvalue weighted by Crippen LogP contribution is -2.38. The maximum absolute atomic E-state index is 12.7. The maximum atomic E-state index is 12.7. The number of oxazole rings is 1. The monoisotopic (exact) mass is 402 g/mol. The van der Waals surface area contributed by atoms with Crippen LogP contribution in [0.2, 0.25) is 0 Å². The number of piperidine rings is 1. The van der Waals surface area contributed by atoms with E-state index in [0.29, 0.717) is 43.5 Å². The number of imidazole rings is 1. The van der Waals surface area contributed by atoms with Gasteiger partial charge in [-0.2, -0.15) is 10.2 Å². The number of para-hydroxylation sites is 2. The molecule has 1 aromatic carbocycles. The number of nitrogens with one attached hydrogen (secondary N) is 2. The number of rotatable bonds is 4. The molecule has 0 spiro atoms. The molecule has 9 nitrogen and oxygen atoms in total. The maximum Gasteiger partial charge on any atom is 0.266 e. The first-order valence-electron chi connectivity index (χ1n) is 9.66. The van der Waals surface area contributed by atoms with Crippen LogP contribution in [0, 0.1) is 17.2 Å². The summed E-state index contributed by atoms with van der Waals surface area (Å²) in [6.45, 7) is 1.17. The second-order valence-corrected chi connectivity index (χ2v) is 7.12. The Morgan fingerprint density at radius 1 is 1.20 bits per heavy atom. The van der Waals surface area contributed by atoms with Gasteiger partial charge in [0, 0.05) is 19.0 Å². The number of nitriles is 1. The molecular weight excluding hydrogens is 384 g/mol. The summed E-state index contributed by atoms with van der Waals surface area (Å²) in [5.74, 6) is 1.40. The van der Waals surface area contributed by atoms with Gasteiger partial charge < -0.3 is 18.7 Å². The number of aromatic nitrogens is 3. The number of anilines is 2. The number of benzene rings is 1. The third-order valence-corrected chi connectivity index (χ3v) is 5.23. The van der Waals surface area contributed by atoms with Crippen LogP contribution in [-0.2, 0) is 4.79 Å². The fourth-order valence-electron chi connectivity index (χ4n) is 3.68. The Morgan fingerprint density at radius 3 is 2.77 bits per heavy atom. The van der Waals surface area contributed by atoms with E-state index in [0.717, 1.165) is 11.0 Å². The molecule has 2 N–H and O–H groups in total. The molecule has 0 atom stereocenters. The number of aromatic amines is 1. The van der Waals surface area contributed by atoms with E-state index in [1.54, 1.807) is 12.1 Å². The topological polar surface area (TPSA) is 124 Å². The lowest BCUT2D eigenvalue weighted by molar-refractivity contribution is -0.120. The highest BCUT2D eigenvalue weighted by molar-refractivity contribution is 5.92. The van der Waals surface area contributed by atoms with Crippen LogP contribution >= 0.6 is 0 Å². The van der Waals surface area contributed by atoms with Gasteiger partial charge in [0.25, 0.3) is 5.89 Å². The van der Waals surface area contributed by atoms with Gasteiger partial charge in [0.2, 0.25) is 23.4 Å². The molecule has 4 heterocycles. The van der Waals surface area contributed by atoms with Crippen molar-refractivity contribution in [3.63, 3.8) is 0 Å². The standard InChI is InChI=1S/C21H18N6O3/c22-12-16-20(30-19(23-16)17-6-3-11-29-17)27-9-7-13(8-10-27)18(28)26-21-24-14-4-1-2-5-15(14)25-21/h1-6,11,13H,7-10H2,(H2,24,25,26,28). The van der Waals surface area contributed by atoms with Crippen LogP contribution in [0.3, 0.4) is 0 Å². The van der Waals surface area contributed by atoms with Gasteiger partial charge in [0.05, 0.1) is 17.3 Å². The Kier molecular flexibility index (Phi) is 4.44. The molecule has 3 aromatic heterocycles. The fourth-order valence-corrected chi connectivity index (χ4v) is 3.68. The van der Waals surface area contributed by atoms with Crippen LogP contribution in [0.1, 0.15) is 18.5 Å². The molecule has 1 saturated heterocycles. The SMILES string of the molecule is N#Cc1nc(-c2ccco2)oc1N1CCC(C(=O)Nc2nc3ccccc3[nH]2)CC1. The van der Waals surface area contributed by atoms with Crippen molar-refractivity contribution in [1.29, 1.82) is 5.26 Å². The van der Waals surface area contributed by atoms with Crippen LogP contribution < -0.4 is 10.2 Å². The first-order valence-corrected chi connectivity index (χ1v) is 9.66. The van der Waals surface area contributed by atoms with E-state index in [-0.39, 0.29) is 23.4 Å². The number of amides is 1. The average Bonchev–Trinajstić information content (AvgIpc) is 3.51. The molecule has 4 aromatic rings. The molecule has 1 aliphatic rings. The number of H-pyrrole nitrogens is 1. The molecule has 1 aliphatic heterocycles. The van der Waals surface area contributed by atoms with Crippen molar-refractivity contribution in [2.24, 2.45) is 5.92 Å². The average molecular weight is 402 g/mol. The third-order valence-electron chi connectivity index (χ3n) is 5.23. The number of nitrogens with zero attached hydrogens (tertiary/aromatic N) is 4. The Balaban J connectivity index is 1.25. The molecule has 0 bridgehead atoms. The van der Waals surface area contributed by atoms with E-state index in [1.807, 2.05) is 29.2 Å². The second-order valence-electron chi connectivity index (χ2n) is 7.12. The van der Waals surface area contributed by atoms with Gasteiger partial charge in [-0.25, -0.2) is 4.98 Å². The summed E-state index contributed by atoms with van der Waals surface area (Å²) in [5, 5.41) is 12.3. The van der Waals surface area contributed by atoms with Crippen molar-refractivity contribution in [2.45, 2.75) is 12.8 Å². The Morgan fingerprint density at radius 2 is 2.03 bits per heavy atom. The van der Waals surface area contributed by atoms with E-state index in [1.165, 1.54) is 6.26 Å². The zero-order valence-corrected chi connectivity index (χ0v) is 16.0. The molecule has 0 saturated carbocycles. The Hall–Kier alpha value is -4.06. The summed E-state index contributed by atoms with van der Waals surface area (Å²) in [6.07, 6.45) is 2.79. The van der Waals surface area contributed by atoms with Crippen molar-refractivity contribution in [1.82, 2.24) is 15.0 Å². The number of hydrogen-bond donors (Lipinski definition) is 2. The number of fused-ring (bicyclic) bond motifs is 1. The summed E-state index contributed by atoms with van der Waals surface area (Å²) in [7, 11) is 0. The summed E-state index contributed by atoms with van der Waals surface area (Å²) in [4.78, 5) is 26.4. The van der Waals surface area contributed by atoms with Crippen molar-refractivity contribution >= 4 is 28.8 Å². The van der Waals surface area contributed by atoms with Gasteiger partial charge in [-0.05, 0) is 37.1 Å². The molecule has 1 amide bonds. The van der Waals surface area contributed by atoms with E-state index in [9.17, 15) is 10.1 Å². The predicted molar refractivity (Wildman–Crippen MR) is 109 cm³/mol. The first-order chi connectivity index (χ1) is 14.7. The number of carbonyl (C=O) groups excluding carboxylic acids is 1. The van der Waals surface area contributed by atoms with Crippen LogP contribution in [0.15, 0.2) is 51.5 Å². The van der Waals surface area contributed by atoms with Gasteiger partial charge in [-0.1, -0.05) is 12.1 Å². The van der Waals surface area contributed by atoms with Gasteiger partial charge >= 0.3 is 0 Å². The highest BCUT2D eigenvalue weighted by Crippen LogP contribution is 2.31. The number of hydrogen-bond acceptors (Lipinski definition) is 7. The van der Waals surface area contributed by atoms with Crippen LogP contribution in [-0.4, -0.2) is 33.9 Å². The highest BCUT2D eigenvalue weighted by Gasteiger charge is 2.29. The molecular formula is C21H18N6O3. The molecule has 9 heteroatoms. The zero-order chi connectivity index (χ0) is 20.5. The summed E-state index contributed by atoms with van der Waals surface area (Å²) in [6, 6.07) is 13.2. The van der Waals surface area contributed by atoms with E-state index >= 15 is 0 Å². The zero-order valence-electron chi connectivity index (χ0n) is 16.0. The lowest BCUT2D eigenvalue weighted by Gasteiger charge is -2.30. The minimum Gasteiger partial charge on any atom is -0.459 e. The predicted octanol–water partition coefficient (Wildman–Crippen LogP) is 3.54. The van der Waals surface area contributed by atoms with E-state index in [2.05, 4.69) is 26.3 Å². The summed E-state index contributed by atoms with van der Waals surface area (Å²) >= 11 is 0. The smallest absolute Gasteiger partial charge is 0.266 e. The van der Waals surface area contributed by atoms with Gasteiger partial charge in [-0.15, -0.1) is 0 Å². The molecule has 5 rings (SSSR count). The second kappa shape index (κ2) is 7.40. The highest BCUT2D eigenvalue weighted by atomic mass is 16.4. The Bertz CT molecular complexity index is 1190. The number of carbonyl (C=O) groups is 1. The van der Waals surface area contributed by atoms with Crippen molar-refractivity contribution in [3.05, 3.63) is 48.4 Å². The lowest BCUT2D eigenvalue weighted by atomic mass is 9.96.